The molecule has 0 unspecified atom stereocenters. The Morgan fingerprint density at radius 1 is 1.10 bits per heavy atom. The topological polar surface area (TPSA) is 64.6 Å². The number of amides is 1. The fourth-order valence-electron chi connectivity index (χ4n) is 3.92. The second kappa shape index (κ2) is 7.95. The van der Waals surface area contributed by atoms with Crippen LogP contribution in [0.3, 0.4) is 0 Å². The van der Waals surface area contributed by atoms with Gasteiger partial charge >= 0.3 is 5.97 Å². The Kier molecular flexibility index (Phi) is 5.21. The molecule has 4 rings (SSSR count). The van der Waals surface area contributed by atoms with Crippen molar-refractivity contribution >= 4 is 28.3 Å². The molecule has 1 aliphatic heterocycles. The lowest BCUT2D eigenvalue weighted by Crippen LogP contribution is -2.23. The van der Waals surface area contributed by atoms with Crippen LogP contribution in [0.1, 0.15) is 43.2 Å². The van der Waals surface area contributed by atoms with Crippen LogP contribution in [-0.2, 0) is 9.59 Å². The molecule has 1 amide bonds. The minimum absolute atomic E-state index is 0.0183. The molecule has 0 radical (unpaired) electrons. The summed E-state index contributed by atoms with van der Waals surface area (Å²) >= 11 is 0. The van der Waals surface area contributed by atoms with Crippen molar-refractivity contribution in [3.8, 4) is 11.5 Å². The van der Waals surface area contributed by atoms with E-state index in [9.17, 15) is 9.59 Å². The zero-order valence-corrected chi connectivity index (χ0v) is 16.5. The summed E-state index contributed by atoms with van der Waals surface area (Å²) in [7, 11) is 1.55. The van der Waals surface area contributed by atoms with Crippen LogP contribution in [0, 0.1) is 0 Å². The molecule has 148 valence electrons. The van der Waals surface area contributed by atoms with Gasteiger partial charge in [-0.3, -0.25) is 9.59 Å². The van der Waals surface area contributed by atoms with Gasteiger partial charge in [0, 0.05) is 24.4 Å². The van der Waals surface area contributed by atoms with E-state index in [-0.39, 0.29) is 17.8 Å². The Morgan fingerprint density at radius 2 is 1.93 bits per heavy atom. The molecule has 29 heavy (non-hydrogen) atoms. The lowest BCUT2D eigenvalue weighted by atomic mass is 9.82. The molecule has 3 aromatic rings. The first kappa shape index (κ1) is 19.0. The van der Waals surface area contributed by atoms with E-state index >= 15 is 0 Å². The summed E-state index contributed by atoms with van der Waals surface area (Å²) < 4.78 is 10.9. The average Bonchev–Trinajstić information content (AvgIpc) is 2.73. The van der Waals surface area contributed by atoms with E-state index in [1.165, 1.54) is 0 Å². The number of carbonyl (C=O) groups excluding carboxylic acids is 2. The molecule has 1 aliphatic rings. The van der Waals surface area contributed by atoms with Crippen LogP contribution < -0.4 is 14.8 Å². The van der Waals surface area contributed by atoms with Crippen LogP contribution in [0.4, 0.5) is 5.69 Å². The minimum Gasteiger partial charge on any atom is -0.493 e. The molecule has 0 spiro atoms. The summed E-state index contributed by atoms with van der Waals surface area (Å²) in [6, 6.07) is 17.7. The molecule has 5 nitrogen and oxygen atoms in total. The van der Waals surface area contributed by atoms with Crippen LogP contribution in [0.5, 0.6) is 11.5 Å². The molecule has 1 heterocycles. The van der Waals surface area contributed by atoms with Crippen molar-refractivity contribution in [1.82, 2.24) is 0 Å². The molecule has 0 saturated heterocycles. The van der Waals surface area contributed by atoms with Gasteiger partial charge in [0.05, 0.1) is 7.11 Å². The Bertz CT molecular complexity index is 1090. The third kappa shape index (κ3) is 3.68. The maximum absolute atomic E-state index is 12.4. The number of nitrogens with one attached hydrogen (secondary N) is 1. The summed E-state index contributed by atoms with van der Waals surface area (Å²) in [6.45, 7) is 1.93. The van der Waals surface area contributed by atoms with Crippen molar-refractivity contribution in [3.05, 3.63) is 65.7 Å². The summed E-state index contributed by atoms with van der Waals surface area (Å²) in [5, 5.41) is 5.24. The van der Waals surface area contributed by atoms with E-state index in [0.717, 1.165) is 34.0 Å². The van der Waals surface area contributed by atoms with Crippen LogP contribution in [0.25, 0.3) is 10.8 Å². The molecule has 0 aromatic heterocycles. The number of rotatable bonds is 5. The highest BCUT2D eigenvalue weighted by molar-refractivity contribution is 6.01. The van der Waals surface area contributed by atoms with E-state index in [4.69, 9.17) is 9.47 Å². The first-order valence-electron chi connectivity index (χ1n) is 9.80. The van der Waals surface area contributed by atoms with Crippen molar-refractivity contribution in [2.45, 2.75) is 32.1 Å². The number of esters is 1. The summed E-state index contributed by atoms with van der Waals surface area (Å²) in [6.07, 6.45) is 1.42. The van der Waals surface area contributed by atoms with Gasteiger partial charge in [-0.1, -0.05) is 43.3 Å². The Morgan fingerprint density at radius 3 is 2.72 bits per heavy atom. The first-order valence-corrected chi connectivity index (χ1v) is 9.80. The molecule has 1 N–H and O–H groups in total. The van der Waals surface area contributed by atoms with Crippen molar-refractivity contribution < 1.29 is 19.1 Å². The number of hydrogen-bond donors (Lipinski definition) is 1. The van der Waals surface area contributed by atoms with E-state index in [1.54, 1.807) is 13.2 Å². The third-order valence-electron chi connectivity index (χ3n) is 5.25. The standard InChI is InChI=1S/C24H23NO4/c1-3-6-23(27)29-20-12-10-16(13-21(20)28-2)18-14-22(26)25-19-11-9-15-7-4-5-8-17(15)24(18)19/h4-5,7-13,18H,3,6,14H2,1-2H3,(H,25,26)/t18-/m0/s1. The van der Waals surface area contributed by atoms with E-state index in [0.29, 0.717) is 24.3 Å². The second-order valence-electron chi connectivity index (χ2n) is 7.19. The monoisotopic (exact) mass is 389 g/mol. The largest absolute Gasteiger partial charge is 0.493 e. The van der Waals surface area contributed by atoms with Gasteiger partial charge in [0.15, 0.2) is 11.5 Å². The van der Waals surface area contributed by atoms with Crippen LogP contribution in [0.15, 0.2) is 54.6 Å². The molecule has 1 atom stereocenters. The Balaban J connectivity index is 1.78. The number of ether oxygens (including phenoxy) is 2. The molecule has 0 aliphatic carbocycles. The number of fused-ring (bicyclic) bond motifs is 3. The number of anilines is 1. The van der Waals surface area contributed by atoms with Gasteiger partial charge in [-0.15, -0.1) is 0 Å². The fraction of sp³-hybridized carbons (Fsp3) is 0.250. The molecule has 0 saturated carbocycles. The Hall–Kier alpha value is -3.34. The van der Waals surface area contributed by atoms with E-state index < -0.39 is 0 Å². The molecule has 0 fully saturated rings. The lowest BCUT2D eigenvalue weighted by Gasteiger charge is -2.28. The predicted molar refractivity (Wildman–Crippen MR) is 113 cm³/mol. The predicted octanol–water partition coefficient (Wildman–Crippen LogP) is 5.03. The quantitative estimate of drug-likeness (QED) is 0.491. The van der Waals surface area contributed by atoms with Gasteiger partial charge in [-0.2, -0.15) is 0 Å². The number of carbonyl (C=O) groups is 2. The lowest BCUT2D eigenvalue weighted by molar-refractivity contribution is -0.134. The van der Waals surface area contributed by atoms with Gasteiger partial charge in [0.25, 0.3) is 0 Å². The number of methoxy groups -OCH3 is 1. The molecule has 5 heteroatoms. The van der Waals surface area contributed by atoms with Crippen molar-refractivity contribution in [3.63, 3.8) is 0 Å². The smallest absolute Gasteiger partial charge is 0.311 e. The maximum atomic E-state index is 12.4. The number of benzene rings is 3. The summed E-state index contributed by atoms with van der Waals surface area (Å²) in [5.74, 6) is 0.467. The highest BCUT2D eigenvalue weighted by Crippen LogP contribution is 2.43. The Labute approximate surface area is 169 Å². The van der Waals surface area contributed by atoms with Gasteiger partial charge in [0.2, 0.25) is 5.91 Å². The van der Waals surface area contributed by atoms with Gasteiger partial charge < -0.3 is 14.8 Å². The zero-order chi connectivity index (χ0) is 20.4. The number of hydrogen-bond acceptors (Lipinski definition) is 4. The third-order valence-corrected chi connectivity index (χ3v) is 5.25. The highest BCUT2D eigenvalue weighted by atomic mass is 16.6. The summed E-state index contributed by atoms with van der Waals surface area (Å²) in [4.78, 5) is 24.3. The van der Waals surface area contributed by atoms with Gasteiger partial charge in [-0.05, 0) is 46.5 Å². The van der Waals surface area contributed by atoms with E-state index in [2.05, 4.69) is 17.4 Å². The summed E-state index contributed by atoms with van der Waals surface area (Å²) in [5.41, 5.74) is 2.88. The minimum atomic E-state index is -0.285. The SMILES string of the molecule is CCCC(=O)Oc1ccc([C@@H]2CC(=O)Nc3ccc4ccccc4c32)cc1OC. The van der Waals surface area contributed by atoms with Crippen LogP contribution in [-0.4, -0.2) is 19.0 Å². The van der Waals surface area contributed by atoms with Crippen molar-refractivity contribution in [1.29, 1.82) is 0 Å². The van der Waals surface area contributed by atoms with Crippen molar-refractivity contribution in [2.75, 3.05) is 12.4 Å². The average molecular weight is 389 g/mol. The van der Waals surface area contributed by atoms with Gasteiger partial charge in [0.1, 0.15) is 0 Å². The van der Waals surface area contributed by atoms with Crippen LogP contribution in [0.2, 0.25) is 0 Å². The molecular weight excluding hydrogens is 366 g/mol. The van der Waals surface area contributed by atoms with Crippen LogP contribution >= 0.6 is 0 Å². The second-order valence-corrected chi connectivity index (χ2v) is 7.19. The fourth-order valence-corrected chi connectivity index (χ4v) is 3.92. The zero-order valence-electron chi connectivity index (χ0n) is 16.5. The first-order chi connectivity index (χ1) is 14.1. The van der Waals surface area contributed by atoms with Gasteiger partial charge in [-0.25, -0.2) is 0 Å². The molecule has 0 bridgehead atoms. The maximum Gasteiger partial charge on any atom is 0.311 e. The van der Waals surface area contributed by atoms with E-state index in [1.807, 2.05) is 43.3 Å². The normalized spacial score (nSPS) is 15.5. The van der Waals surface area contributed by atoms with Crippen molar-refractivity contribution in [2.24, 2.45) is 0 Å². The molecular formula is C24H23NO4. The molecule has 3 aromatic carbocycles. The highest BCUT2D eigenvalue weighted by Gasteiger charge is 2.29.